The van der Waals surface area contributed by atoms with E-state index in [-0.39, 0.29) is 11.3 Å². The first-order chi connectivity index (χ1) is 8.44. The van der Waals surface area contributed by atoms with Gasteiger partial charge in [0.2, 0.25) is 5.91 Å². The van der Waals surface area contributed by atoms with Crippen LogP contribution in [0.25, 0.3) is 0 Å². The number of anilines is 1. The van der Waals surface area contributed by atoms with Crippen LogP contribution in [-0.2, 0) is 4.79 Å². The lowest BCUT2D eigenvalue weighted by Gasteiger charge is -2.23. The van der Waals surface area contributed by atoms with Gasteiger partial charge in [-0.1, -0.05) is 26.0 Å². The van der Waals surface area contributed by atoms with Gasteiger partial charge in [-0.05, 0) is 59.5 Å². The number of nitrogens with two attached hydrogens (primary N) is 1. The molecular formula is C14H21IN2O. The van der Waals surface area contributed by atoms with Crippen molar-refractivity contribution in [2.75, 3.05) is 11.9 Å². The van der Waals surface area contributed by atoms with Crippen molar-refractivity contribution >= 4 is 34.2 Å². The highest BCUT2D eigenvalue weighted by molar-refractivity contribution is 14.1. The van der Waals surface area contributed by atoms with E-state index in [9.17, 15) is 4.79 Å². The van der Waals surface area contributed by atoms with Gasteiger partial charge in [-0.15, -0.1) is 0 Å². The first kappa shape index (κ1) is 15.4. The molecule has 1 rings (SSSR count). The molecule has 1 aromatic carbocycles. The smallest absolute Gasteiger partial charge is 0.224 e. The Hall–Kier alpha value is -0.620. The van der Waals surface area contributed by atoms with Crippen LogP contribution < -0.4 is 11.1 Å². The fraction of sp³-hybridized carbons (Fsp3) is 0.500. The Morgan fingerprint density at radius 2 is 2.00 bits per heavy atom. The molecule has 0 aliphatic rings. The van der Waals surface area contributed by atoms with Gasteiger partial charge in [-0.3, -0.25) is 4.79 Å². The molecule has 0 spiro atoms. The Kier molecular flexibility index (Phi) is 6.08. The minimum absolute atomic E-state index is 0.0733. The summed E-state index contributed by atoms with van der Waals surface area (Å²) in [7, 11) is 0. The van der Waals surface area contributed by atoms with Crippen LogP contribution in [0.1, 0.15) is 33.1 Å². The normalized spacial score (nSPS) is 11.3. The maximum absolute atomic E-state index is 11.9. The van der Waals surface area contributed by atoms with Crippen molar-refractivity contribution in [2.24, 2.45) is 11.1 Å². The van der Waals surface area contributed by atoms with Crippen LogP contribution in [0.15, 0.2) is 24.3 Å². The van der Waals surface area contributed by atoms with Gasteiger partial charge < -0.3 is 11.1 Å². The number of benzene rings is 1. The summed E-state index contributed by atoms with van der Waals surface area (Å²) in [6.45, 7) is 4.98. The minimum Gasteiger partial charge on any atom is -0.330 e. The molecule has 0 fully saturated rings. The van der Waals surface area contributed by atoms with Crippen LogP contribution in [0.3, 0.4) is 0 Å². The summed E-state index contributed by atoms with van der Waals surface area (Å²) >= 11 is 2.22. The standard InChI is InChI=1S/C14H21IN2O/c1-14(2,9-10-16)8-7-13(18)17-12-6-4-3-5-11(12)15/h3-6H,7-10,16H2,1-2H3,(H,17,18). The molecule has 0 aliphatic carbocycles. The van der Waals surface area contributed by atoms with E-state index in [2.05, 4.69) is 41.8 Å². The fourth-order valence-electron chi connectivity index (χ4n) is 1.74. The summed E-state index contributed by atoms with van der Waals surface area (Å²) in [6.07, 6.45) is 2.35. The molecule has 0 heterocycles. The van der Waals surface area contributed by atoms with Gasteiger partial charge in [0.05, 0.1) is 5.69 Å². The van der Waals surface area contributed by atoms with E-state index in [1.54, 1.807) is 0 Å². The molecule has 0 atom stereocenters. The lowest BCUT2D eigenvalue weighted by Crippen LogP contribution is -2.20. The van der Waals surface area contributed by atoms with Crippen LogP contribution in [-0.4, -0.2) is 12.5 Å². The largest absolute Gasteiger partial charge is 0.330 e. The number of hydrogen-bond acceptors (Lipinski definition) is 2. The van der Waals surface area contributed by atoms with Crippen LogP contribution in [0.2, 0.25) is 0 Å². The second-order valence-corrected chi connectivity index (χ2v) is 6.39. The highest BCUT2D eigenvalue weighted by atomic mass is 127. The quantitative estimate of drug-likeness (QED) is 0.765. The summed E-state index contributed by atoms with van der Waals surface area (Å²) < 4.78 is 1.06. The summed E-state index contributed by atoms with van der Waals surface area (Å²) in [5, 5.41) is 2.95. The number of hydrogen-bond donors (Lipinski definition) is 2. The molecule has 0 radical (unpaired) electrons. The molecule has 1 aromatic rings. The third-order valence-corrected chi connectivity index (χ3v) is 3.94. The lowest BCUT2D eigenvalue weighted by molar-refractivity contribution is -0.116. The molecule has 100 valence electrons. The highest BCUT2D eigenvalue weighted by Crippen LogP contribution is 2.26. The molecule has 0 aliphatic heterocycles. The van der Waals surface area contributed by atoms with E-state index in [0.717, 1.165) is 22.1 Å². The summed E-state index contributed by atoms with van der Waals surface area (Å²) in [4.78, 5) is 11.9. The zero-order valence-electron chi connectivity index (χ0n) is 11.0. The zero-order chi connectivity index (χ0) is 13.6. The van der Waals surface area contributed by atoms with Crippen molar-refractivity contribution in [1.82, 2.24) is 0 Å². The molecule has 3 N–H and O–H groups in total. The molecule has 0 saturated heterocycles. The number of carbonyl (C=O) groups excluding carboxylic acids is 1. The topological polar surface area (TPSA) is 55.1 Å². The molecule has 3 nitrogen and oxygen atoms in total. The van der Waals surface area contributed by atoms with E-state index >= 15 is 0 Å². The van der Waals surface area contributed by atoms with Crippen LogP contribution in [0, 0.1) is 8.99 Å². The second kappa shape index (κ2) is 7.09. The Labute approximate surface area is 123 Å². The monoisotopic (exact) mass is 360 g/mol. The van der Waals surface area contributed by atoms with Crippen molar-refractivity contribution < 1.29 is 4.79 Å². The second-order valence-electron chi connectivity index (χ2n) is 5.23. The number of rotatable bonds is 6. The zero-order valence-corrected chi connectivity index (χ0v) is 13.2. The minimum atomic E-state index is 0.0733. The van der Waals surface area contributed by atoms with Crippen molar-refractivity contribution in [2.45, 2.75) is 33.1 Å². The van der Waals surface area contributed by atoms with Gasteiger partial charge in [0, 0.05) is 9.99 Å². The van der Waals surface area contributed by atoms with E-state index < -0.39 is 0 Å². The third-order valence-electron chi connectivity index (χ3n) is 3.00. The third kappa shape index (κ3) is 5.35. The Balaban J connectivity index is 2.46. The predicted octanol–water partition coefficient (Wildman–Crippen LogP) is 3.38. The molecule has 18 heavy (non-hydrogen) atoms. The van der Waals surface area contributed by atoms with E-state index in [0.29, 0.717) is 13.0 Å². The van der Waals surface area contributed by atoms with Gasteiger partial charge >= 0.3 is 0 Å². The number of carbonyl (C=O) groups is 1. The highest BCUT2D eigenvalue weighted by Gasteiger charge is 2.18. The Morgan fingerprint density at radius 1 is 1.33 bits per heavy atom. The van der Waals surface area contributed by atoms with Crippen molar-refractivity contribution in [3.8, 4) is 0 Å². The van der Waals surface area contributed by atoms with Crippen molar-refractivity contribution in [3.05, 3.63) is 27.8 Å². The van der Waals surface area contributed by atoms with Gasteiger partial charge in [0.15, 0.2) is 0 Å². The number of amides is 1. The van der Waals surface area contributed by atoms with Crippen molar-refractivity contribution in [3.63, 3.8) is 0 Å². The first-order valence-electron chi connectivity index (χ1n) is 6.19. The molecule has 0 saturated carbocycles. The maximum Gasteiger partial charge on any atom is 0.224 e. The summed E-state index contributed by atoms with van der Waals surface area (Å²) in [5.74, 6) is 0.0733. The van der Waals surface area contributed by atoms with Crippen molar-refractivity contribution in [1.29, 1.82) is 0 Å². The van der Waals surface area contributed by atoms with E-state index in [4.69, 9.17) is 5.73 Å². The van der Waals surface area contributed by atoms with Gasteiger partial charge in [0.1, 0.15) is 0 Å². The molecule has 1 amide bonds. The average molecular weight is 360 g/mol. The number of halogens is 1. The lowest BCUT2D eigenvalue weighted by atomic mass is 9.84. The number of nitrogens with one attached hydrogen (secondary N) is 1. The van der Waals surface area contributed by atoms with Crippen LogP contribution in [0.4, 0.5) is 5.69 Å². The van der Waals surface area contributed by atoms with Crippen LogP contribution >= 0.6 is 22.6 Å². The SMILES string of the molecule is CC(C)(CCN)CCC(=O)Nc1ccccc1I. The van der Waals surface area contributed by atoms with Crippen LogP contribution in [0.5, 0.6) is 0 Å². The molecule has 0 bridgehead atoms. The van der Waals surface area contributed by atoms with Gasteiger partial charge in [-0.2, -0.15) is 0 Å². The first-order valence-corrected chi connectivity index (χ1v) is 7.27. The summed E-state index contributed by atoms with van der Waals surface area (Å²) in [5.41, 5.74) is 6.59. The molecular weight excluding hydrogens is 339 g/mol. The summed E-state index contributed by atoms with van der Waals surface area (Å²) in [6, 6.07) is 7.79. The van der Waals surface area contributed by atoms with E-state index in [1.807, 2.05) is 24.3 Å². The van der Waals surface area contributed by atoms with Gasteiger partial charge in [0.25, 0.3) is 0 Å². The number of para-hydroxylation sites is 1. The molecule has 4 heteroatoms. The predicted molar refractivity (Wildman–Crippen MR) is 84.5 cm³/mol. The fourth-order valence-corrected chi connectivity index (χ4v) is 2.27. The average Bonchev–Trinajstić information content (AvgIpc) is 2.30. The van der Waals surface area contributed by atoms with E-state index in [1.165, 1.54) is 0 Å². The molecule has 0 aromatic heterocycles. The molecule has 0 unspecified atom stereocenters. The Bertz CT molecular complexity index is 405. The maximum atomic E-state index is 11.9. The Morgan fingerprint density at radius 3 is 2.61 bits per heavy atom. The van der Waals surface area contributed by atoms with Gasteiger partial charge in [-0.25, -0.2) is 0 Å².